The summed E-state index contributed by atoms with van der Waals surface area (Å²) in [6.07, 6.45) is 1.44. The molecule has 0 unspecified atom stereocenters. The lowest BCUT2D eigenvalue weighted by molar-refractivity contribution is 0.00714. The van der Waals surface area contributed by atoms with Crippen LogP contribution in [0.3, 0.4) is 0 Å². The Morgan fingerprint density at radius 2 is 2.05 bits per heavy atom. The van der Waals surface area contributed by atoms with Gasteiger partial charge in [-0.15, -0.1) is 0 Å². The third-order valence-corrected chi connectivity index (χ3v) is 3.65. The van der Waals surface area contributed by atoms with E-state index in [1.165, 1.54) is 0 Å². The third-order valence-electron chi connectivity index (χ3n) is 3.65. The lowest BCUT2D eigenvalue weighted by Gasteiger charge is -2.31. The number of nitrogens with one attached hydrogen (secondary N) is 1. The van der Waals surface area contributed by atoms with Crippen LogP contribution in [0.25, 0.3) is 0 Å². The molecule has 19 heavy (non-hydrogen) atoms. The van der Waals surface area contributed by atoms with E-state index in [0.717, 1.165) is 25.3 Å². The van der Waals surface area contributed by atoms with E-state index in [1.807, 2.05) is 12.1 Å². The van der Waals surface area contributed by atoms with Crippen molar-refractivity contribution in [2.45, 2.75) is 46.4 Å². The molecule has 4 nitrogen and oxygen atoms in total. The van der Waals surface area contributed by atoms with E-state index in [2.05, 4.69) is 26.1 Å². The fraction of sp³-hybridized carbons (Fsp3) is 0.733. The number of hydrogen-bond acceptors (Lipinski definition) is 4. The van der Waals surface area contributed by atoms with Crippen LogP contribution in [-0.2, 0) is 17.9 Å². The minimum atomic E-state index is -0.0391. The molecule has 1 aliphatic heterocycles. The summed E-state index contributed by atoms with van der Waals surface area (Å²) >= 11 is 0. The predicted molar refractivity (Wildman–Crippen MR) is 73.6 cm³/mol. The van der Waals surface area contributed by atoms with Crippen molar-refractivity contribution in [2.24, 2.45) is 11.3 Å². The van der Waals surface area contributed by atoms with Gasteiger partial charge in [-0.25, -0.2) is 0 Å². The second kappa shape index (κ2) is 6.07. The normalized spacial score (nSPS) is 24.0. The maximum absolute atomic E-state index is 8.94. The highest BCUT2D eigenvalue weighted by Gasteiger charge is 2.36. The minimum Gasteiger partial charge on any atom is -0.462 e. The summed E-state index contributed by atoms with van der Waals surface area (Å²) in [6.45, 7) is 9.17. The highest BCUT2D eigenvalue weighted by atomic mass is 16.5. The van der Waals surface area contributed by atoms with Crippen LogP contribution in [0, 0.1) is 11.3 Å². The van der Waals surface area contributed by atoms with E-state index < -0.39 is 0 Å². The van der Waals surface area contributed by atoms with Gasteiger partial charge in [0, 0.05) is 19.1 Å². The smallest absolute Gasteiger partial charge is 0.129 e. The van der Waals surface area contributed by atoms with Crippen LogP contribution in [-0.4, -0.2) is 24.4 Å². The molecule has 2 atom stereocenters. The monoisotopic (exact) mass is 267 g/mol. The molecular weight excluding hydrogens is 242 g/mol. The van der Waals surface area contributed by atoms with Gasteiger partial charge in [0.15, 0.2) is 0 Å². The van der Waals surface area contributed by atoms with Crippen molar-refractivity contribution in [3.05, 3.63) is 23.7 Å². The topological polar surface area (TPSA) is 54.6 Å². The van der Waals surface area contributed by atoms with Gasteiger partial charge < -0.3 is 19.6 Å². The van der Waals surface area contributed by atoms with E-state index in [0.29, 0.717) is 24.3 Å². The number of hydrogen-bond donors (Lipinski definition) is 2. The van der Waals surface area contributed by atoms with E-state index in [-0.39, 0.29) is 12.0 Å². The van der Waals surface area contributed by atoms with Crippen LogP contribution in [0.1, 0.15) is 38.7 Å². The van der Waals surface area contributed by atoms with Crippen LogP contribution in [0.4, 0.5) is 0 Å². The molecule has 1 saturated heterocycles. The molecule has 0 aromatic carbocycles. The quantitative estimate of drug-likeness (QED) is 0.859. The first kappa shape index (κ1) is 14.6. The molecular formula is C15H25NO3. The molecule has 2 N–H and O–H groups in total. The molecule has 108 valence electrons. The SMILES string of the molecule is CC(C)(C)[C@H]1OCC[C@@H]1CNCc1ccc(CO)o1. The van der Waals surface area contributed by atoms with Crippen molar-refractivity contribution in [1.29, 1.82) is 0 Å². The van der Waals surface area contributed by atoms with Crippen molar-refractivity contribution < 1.29 is 14.3 Å². The Morgan fingerprint density at radius 3 is 2.68 bits per heavy atom. The highest BCUT2D eigenvalue weighted by molar-refractivity contribution is 5.06. The minimum absolute atomic E-state index is 0.0391. The van der Waals surface area contributed by atoms with Crippen LogP contribution in [0.15, 0.2) is 16.5 Å². The summed E-state index contributed by atoms with van der Waals surface area (Å²) in [5.74, 6) is 2.05. The molecule has 0 saturated carbocycles. The number of rotatable bonds is 5. The fourth-order valence-electron chi connectivity index (χ4n) is 2.78. The van der Waals surface area contributed by atoms with Crippen molar-refractivity contribution in [1.82, 2.24) is 5.32 Å². The maximum atomic E-state index is 8.94. The molecule has 1 aliphatic rings. The molecule has 0 amide bonds. The van der Waals surface area contributed by atoms with Gasteiger partial charge in [-0.2, -0.15) is 0 Å². The van der Waals surface area contributed by atoms with Crippen molar-refractivity contribution in [2.75, 3.05) is 13.2 Å². The van der Waals surface area contributed by atoms with Crippen molar-refractivity contribution in [3.63, 3.8) is 0 Å². The first-order valence-corrected chi connectivity index (χ1v) is 7.01. The number of ether oxygens (including phenoxy) is 1. The van der Waals surface area contributed by atoms with Crippen LogP contribution < -0.4 is 5.32 Å². The zero-order chi connectivity index (χ0) is 13.9. The van der Waals surface area contributed by atoms with Gasteiger partial charge in [0.2, 0.25) is 0 Å². The average molecular weight is 267 g/mol. The zero-order valence-electron chi connectivity index (χ0n) is 12.1. The van der Waals surface area contributed by atoms with Crippen molar-refractivity contribution in [3.8, 4) is 0 Å². The van der Waals surface area contributed by atoms with E-state index in [9.17, 15) is 0 Å². The lowest BCUT2D eigenvalue weighted by atomic mass is 9.81. The number of aliphatic hydroxyl groups excluding tert-OH is 1. The maximum Gasteiger partial charge on any atom is 0.129 e. The molecule has 2 heterocycles. The van der Waals surface area contributed by atoms with Crippen LogP contribution in [0.2, 0.25) is 0 Å². The molecule has 1 aromatic rings. The summed E-state index contributed by atoms with van der Waals surface area (Å²) in [5.41, 5.74) is 0.192. The Labute approximate surface area is 115 Å². The Bertz CT molecular complexity index is 394. The Hall–Kier alpha value is -0.840. The van der Waals surface area contributed by atoms with Crippen LogP contribution >= 0.6 is 0 Å². The summed E-state index contributed by atoms with van der Waals surface area (Å²) in [6, 6.07) is 3.72. The van der Waals surface area contributed by atoms with Crippen molar-refractivity contribution >= 4 is 0 Å². The first-order chi connectivity index (χ1) is 9.00. The standard InChI is InChI=1S/C15H25NO3/c1-15(2,3)14-11(6-7-18-14)8-16-9-12-4-5-13(10-17)19-12/h4-5,11,14,16-17H,6-10H2,1-3H3/t11-,14+/m1/s1. The van der Waals surface area contributed by atoms with Gasteiger partial charge in [0.25, 0.3) is 0 Å². The fourth-order valence-corrected chi connectivity index (χ4v) is 2.78. The lowest BCUT2D eigenvalue weighted by Crippen LogP contribution is -2.36. The zero-order valence-corrected chi connectivity index (χ0v) is 12.1. The van der Waals surface area contributed by atoms with E-state index in [4.69, 9.17) is 14.3 Å². The average Bonchev–Trinajstić information content (AvgIpc) is 2.96. The Morgan fingerprint density at radius 1 is 1.32 bits per heavy atom. The first-order valence-electron chi connectivity index (χ1n) is 7.01. The Kier molecular flexibility index (Phi) is 4.66. The van der Waals surface area contributed by atoms with E-state index in [1.54, 1.807) is 0 Å². The second-order valence-corrected chi connectivity index (χ2v) is 6.36. The van der Waals surface area contributed by atoms with Gasteiger partial charge in [-0.3, -0.25) is 0 Å². The number of aliphatic hydroxyl groups is 1. The van der Waals surface area contributed by atoms with Gasteiger partial charge in [-0.1, -0.05) is 20.8 Å². The summed E-state index contributed by atoms with van der Waals surface area (Å²) in [5, 5.41) is 12.4. The molecule has 0 spiro atoms. The summed E-state index contributed by atoms with van der Waals surface area (Å²) < 4.78 is 11.3. The third kappa shape index (κ3) is 3.81. The largest absolute Gasteiger partial charge is 0.462 e. The Balaban J connectivity index is 1.79. The predicted octanol–water partition coefficient (Wildman–Crippen LogP) is 2.31. The highest BCUT2D eigenvalue weighted by Crippen LogP contribution is 2.34. The molecule has 0 bridgehead atoms. The van der Waals surface area contributed by atoms with Gasteiger partial charge in [0.1, 0.15) is 18.1 Å². The molecule has 1 aromatic heterocycles. The molecule has 0 radical (unpaired) electrons. The second-order valence-electron chi connectivity index (χ2n) is 6.36. The number of furan rings is 1. The molecule has 1 fully saturated rings. The summed E-state index contributed by atoms with van der Waals surface area (Å²) in [7, 11) is 0. The van der Waals surface area contributed by atoms with Gasteiger partial charge >= 0.3 is 0 Å². The molecule has 4 heteroatoms. The van der Waals surface area contributed by atoms with E-state index >= 15 is 0 Å². The molecule has 2 rings (SSSR count). The van der Waals surface area contributed by atoms with Crippen LogP contribution in [0.5, 0.6) is 0 Å². The summed E-state index contributed by atoms with van der Waals surface area (Å²) in [4.78, 5) is 0. The van der Waals surface area contributed by atoms with Gasteiger partial charge in [0.05, 0.1) is 12.6 Å². The van der Waals surface area contributed by atoms with Gasteiger partial charge in [-0.05, 0) is 24.0 Å². The molecule has 0 aliphatic carbocycles.